The Kier molecular flexibility index (Phi) is 8.44. The lowest BCUT2D eigenvalue weighted by Crippen LogP contribution is -2.31. The molecule has 10 heteroatoms. The molecule has 6 rings (SSSR count). The monoisotopic (exact) mass is 611 g/mol. The van der Waals surface area contributed by atoms with Crippen molar-refractivity contribution in [1.29, 1.82) is 0 Å². The van der Waals surface area contributed by atoms with Gasteiger partial charge in [-0.1, -0.05) is 84.0 Å². The number of hydrogen-bond donors (Lipinski definition) is 2. The van der Waals surface area contributed by atoms with Gasteiger partial charge in [-0.05, 0) is 66.1 Å². The number of rotatable bonds is 9. The third kappa shape index (κ3) is 6.58. The van der Waals surface area contributed by atoms with Gasteiger partial charge >= 0.3 is 0 Å². The number of benzene rings is 4. The first-order valence-electron chi connectivity index (χ1n) is 13.6. The summed E-state index contributed by atoms with van der Waals surface area (Å²) in [5.74, 6) is 0.950. The maximum absolute atomic E-state index is 14.3. The Hall–Kier alpha value is -4.60. The average Bonchev–Trinajstić information content (AvgIpc) is 3.42. The molecular formula is C33H27ClFN5O2S. The average molecular weight is 612 g/mol. The van der Waals surface area contributed by atoms with Crippen LogP contribution in [0.2, 0.25) is 5.02 Å². The van der Waals surface area contributed by atoms with Crippen LogP contribution in [0.5, 0.6) is 5.75 Å². The van der Waals surface area contributed by atoms with E-state index in [0.717, 1.165) is 11.1 Å². The maximum atomic E-state index is 14.3. The predicted molar refractivity (Wildman–Crippen MR) is 168 cm³/mol. The summed E-state index contributed by atoms with van der Waals surface area (Å²) in [7, 11) is 0. The number of hydrogen-bond acceptors (Lipinski definition) is 6. The first kappa shape index (κ1) is 28.5. The lowest BCUT2D eigenvalue weighted by molar-refractivity contribution is -0.113. The van der Waals surface area contributed by atoms with Crippen LogP contribution >= 0.6 is 23.4 Å². The zero-order valence-electron chi connectivity index (χ0n) is 23.1. The summed E-state index contributed by atoms with van der Waals surface area (Å²) in [6, 6.07) is 30.4. The lowest BCUT2D eigenvalue weighted by atomic mass is 9.95. The molecule has 1 aliphatic rings. The molecule has 5 aromatic rings. The Bertz CT molecular complexity index is 1790. The van der Waals surface area contributed by atoms with Gasteiger partial charge in [-0.3, -0.25) is 4.79 Å². The summed E-state index contributed by atoms with van der Waals surface area (Å²) in [5.41, 5.74) is 4.15. The van der Waals surface area contributed by atoms with Crippen LogP contribution in [0.4, 0.5) is 16.0 Å². The molecule has 43 heavy (non-hydrogen) atoms. The van der Waals surface area contributed by atoms with Crippen LogP contribution < -0.4 is 15.4 Å². The lowest BCUT2D eigenvalue weighted by Gasteiger charge is -2.29. The molecule has 2 heterocycles. The zero-order chi connectivity index (χ0) is 29.8. The van der Waals surface area contributed by atoms with Crippen LogP contribution in [0, 0.1) is 5.82 Å². The Morgan fingerprint density at radius 2 is 1.79 bits per heavy atom. The van der Waals surface area contributed by atoms with E-state index in [1.165, 1.54) is 17.8 Å². The van der Waals surface area contributed by atoms with Gasteiger partial charge in [0.15, 0.2) is 0 Å². The molecule has 4 aromatic carbocycles. The van der Waals surface area contributed by atoms with Crippen LogP contribution in [0.15, 0.2) is 120 Å². The number of aromatic nitrogens is 3. The number of anilines is 2. The third-order valence-corrected chi connectivity index (χ3v) is 8.06. The summed E-state index contributed by atoms with van der Waals surface area (Å²) in [4.78, 5) is 18.5. The van der Waals surface area contributed by atoms with Gasteiger partial charge in [-0.2, -0.15) is 4.98 Å². The molecule has 0 bridgehead atoms. The van der Waals surface area contributed by atoms with Crippen molar-refractivity contribution in [2.24, 2.45) is 0 Å². The van der Waals surface area contributed by atoms with Crippen LogP contribution in [0.25, 0.3) is 0 Å². The van der Waals surface area contributed by atoms with Crippen molar-refractivity contribution < 1.29 is 13.9 Å². The second-order valence-electron chi connectivity index (χ2n) is 9.92. The minimum Gasteiger partial charge on any atom is -0.489 e. The van der Waals surface area contributed by atoms with Gasteiger partial charge in [-0.15, -0.1) is 5.10 Å². The smallest absolute Gasteiger partial charge is 0.255 e. The Labute approximate surface area is 257 Å². The van der Waals surface area contributed by atoms with Crippen molar-refractivity contribution in [1.82, 2.24) is 14.8 Å². The number of nitrogens with zero attached hydrogens (tertiary/aromatic N) is 3. The van der Waals surface area contributed by atoms with Gasteiger partial charge in [0.25, 0.3) is 5.91 Å². The highest BCUT2D eigenvalue weighted by Crippen LogP contribution is 2.38. The van der Waals surface area contributed by atoms with Gasteiger partial charge in [0, 0.05) is 22.2 Å². The summed E-state index contributed by atoms with van der Waals surface area (Å²) >= 11 is 7.35. The molecule has 0 saturated heterocycles. The standard InChI is InChI=1S/C33H27ClFN5O2S/c1-21-29(31(41)37-26-10-3-2-4-11-26)30(23-9-7-12-27(18-23)42-19-22-14-16-25(34)17-15-22)40-32(36-21)38-33(39-40)43-20-24-8-5-6-13-28(24)35/h2-18,30H,19-20H2,1H3,(H,37,41)(H,36,38,39). The molecule has 1 aromatic heterocycles. The SMILES string of the molecule is CC1=C(C(=O)Nc2ccccc2)C(c2cccc(OCc3ccc(Cl)cc3)c2)n2nc(SCc3ccccc3F)nc2N1. The van der Waals surface area contributed by atoms with Crippen LogP contribution in [-0.4, -0.2) is 20.7 Å². The molecule has 0 radical (unpaired) electrons. The van der Waals surface area contributed by atoms with E-state index in [-0.39, 0.29) is 11.7 Å². The number of nitrogens with one attached hydrogen (secondary N) is 2. The highest BCUT2D eigenvalue weighted by Gasteiger charge is 2.34. The number of para-hydroxylation sites is 1. The van der Waals surface area contributed by atoms with Crippen LogP contribution in [0.1, 0.15) is 29.7 Å². The molecule has 216 valence electrons. The number of ether oxygens (including phenoxy) is 1. The number of halogens is 2. The normalized spacial score (nSPS) is 14.2. The van der Waals surface area contributed by atoms with Gasteiger partial charge in [0.1, 0.15) is 24.2 Å². The van der Waals surface area contributed by atoms with Crippen molar-refractivity contribution in [3.05, 3.63) is 142 Å². The topological polar surface area (TPSA) is 81.1 Å². The summed E-state index contributed by atoms with van der Waals surface area (Å²) in [6.07, 6.45) is 0. The van der Waals surface area contributed by atoms with E-state index in [1.54, 1.807) is 22.9 Å². The van der Waals surface area contributed by atoms with Gasteiger partial charge in [0.05, 0.1) is 5.57 Å². The fourth-order valence-electron chi connectivity index (χ4n) is 4.79. The van der Waals surface area contributed by atoms with Gasteiger partial charge < -0.3 is 15.4 Å². The Morgan fingerprint density at radius 3 is 2.58 bits per heavy atom. The highest BCUT2D eigenvalue weighted by molar-refractivity contribution is 7.98. The maximum Gasteiger partial charge on any atom is 0.255 e. The van der Waals surface area contributed by atoms with E-state index >= 15 is 0 Å². The molecule has 0 fully saturated rings. The molecule has 1 atom stereocenters. The molecular weight excluding hydrogens is 585 g/mol. The van der Waals surface area contributed by atoms with E-state index in [4.69, 9.17) is 21.4 Å². The molecule has 1 unspecified atom stereocenters. The highest BCUT2D eigenvalue weighted by atomic mass is 35.5. The molecule has 0 aliphatic carbocycles. The zero-order valence-corrected chi connectivity index (χ0v) is 24.7. The van der Waals surface area contributed by atoms with E-state index in [0.29, 0.717) is 56.8 Å². The minimum atomic E-state index is -0.602. The van der Waals surface area contributed by atoms with E-state index < -0.39 is 6.04 Å². The van der Waals surface area contributed by atoms with E-state index in [1.807, 2.05) is 85.8 Å². The fourth-order valence-corrected chi connectivity index (χ4v) is 5.74. The second-order valence-corrected chi connectivity index (χ2v) is 11.3. The second kappa shape index (κ2) is 12.7. The van der Waals surface area contributed by atoms with E-state index in [9.17, 15) is 9.18 Å². The van der Waals surface area contributed by atoms with Crippen molar-refractivity contribution in [3.63, 3.8) is 0 Å². The Morgan fingerprint density at radius 1 is 1.02 bits per heavy atom. The molecule has 0 spiro atoms. The number of amides is 1. The number of allylic oxidation sites excluding steroid dienone is 1. The molecule has 1 aliphatic heterocycles. The summed E-state index contributed by atoms with van der Waals surface area (Å²) in [6.45, 7) is 2.20. The summed E-state index contributed by atoms with van der Waals surface area (Å²) < 4.78 is 22.1. The molecule has 0 saturated carbocycles. The van der Waals surface area contributed by atoms with Gasteiger partial charge in [0.2, 0.25) is 11.1 Å². The van der Waals surface area contributed by atoms with Crippen molar-refractivity contribution >= 4 is 40.9 Å². The number of thioether (sulfide) groups is 1. The minimum absolute atomic E-state index is 0.268. The number of fused-ring (bicyclic) bond motifs is 1. The van der Waals surface area contributed by atoms with Crippen molar-refractivity contribution in [3.8, 4) is 5.75 Å². The molecule has 2 N–H and O–H groups in total. The molecule has 1 amide bonds. The number of carbonyl (C=O) groups is 1. The van der Waals surface area contributed by atoms with Crippen LogP contribution in [-0.2, 0) is 17.2 Å². The van der Waals surface area contributed by atoms with Crippen molar-refractivity contribution in [2.75, 3.05) is 10.6 Å². The number of carbonyl (C=O) groups excluding carboxylic acids is 1. The van der Waals surface area contributed by atoms with Crippen LogP contribution in [0.3, 0.4) is 0 Å². The van der Waals surface area contributed by atoms with Crippen molar-refractivity contribution in [2.45, 2.75) is 30.5 Å². The fraction of sp³-hybridized carbons (Fsp3) is 0.121. The van der Waals surface area contributed by atoms with Gasteiger partial charge in [-0.25, -0.2) is 9.07 Å². The first-order valence-corrected chi connectivity index (χ1v) is 14.9. The third-order valence-electron chi connectivity index (χ3n) is 6.92. The largest absolute Gasteiger partial charge is 0.489 e. The first-order chi connectivity index (χ1) is 20.9. The molecule has 7 nitrogen and oxygen atoms in total. The quantitative estimate of drug-likeness (QED) is 0.165. The predicted octanol–water partition coefficient (Wildman–Crippen LogP) is 7.87. The summed E-state index contributed by atoms with van der Waals surface area (Å²) in [5, 5.41) is 12.2. The Balaban J connectivity index is 1.32. The van der Waals surface area contributed by atoms with E-state index in [2.05, 4.69) is 15.6 Å².